The van der Waals surface area contributed by atoms with E-state index in [2.05, 4.69) is 26.8 Å². The van der Waals surface area contributed by atoms with Crippen LogP contribution in [0.1, 0.15) is 82.4 Å². The summed E-state index contributed by atoms with van der Waals surface area (Å²) < 4.78 is 0. The molecule has 4 N–H and O–H groups in total. The molecule has 0 aromatic heterocycles. The lowest BCUT2D eigenvalue weighted by molar-refractivity contribution is 0.523. The molecule has 2 rings (SSSR count). The van der Waals surface area contributed by atoms with Gasteiger partial charge in [-0.2, -0.15) is 0 Å². The van der Waals surface area contributed by atoms with Gasteiger partial charge in [0.25, 0.3) is 0 Å². The van der Waals surface area contributed by atoms with Crippen LogP contribution < -0.4 is 11.5 Å². The van der Waals surface area contributed by atoms with Crippen LogP contribution >= 0.6 is 0 Å². The van der Waals surface area contributed by atoms with Crippen molar-refractivity contribution in [1.82, 2.24) is 0 Å². The van der Waals surface area contributed by atoms with Gasteiger partial charge in [-0.1, -0.05) is 52.9 Å². The summed E-state index contributed by atoms with van der Waals surface area (Å²) in [6, 6.07) is 2.19. The third-order valence-corrected chi connectivity index (χ3v) is 5.07. The number of nitrogen functional groups attached to an aromatic ring is 2. The van der Waals surface area contributed by atoms with Gasteiger partial charge in [-0.05, 0) is 53.9 Å². The average Bonchev–Trinajstić information content (AvgIpc) is 2.72. The Kier molecular flexibility index (Phi) is 5.18. The van der Waals surface area contributed by atoms with E-state index in [1.54, 1.807) is 0 Å². The Morgan fingerprint density at radius 3 is 2.43 bits per heavy atom. The average molecular weight is 288 g/mol. The summed E-state index contributed by atoms with van der Waals surface area (Å²) in [5.41, 5.74) is 18.8. The minimum Gasteiger partial charge on any atom is -0.398 e. The Morgan fingerprint density at radius 1 is 1.05 bits per heavy atom. The van der Waals surface area contributed by atoms with Gasteiger partial charge in [-0.25, -0.2) is 0 Å². The number of unbranched alkanes of at least 4 members (excludes halogenated alkanes) is 5. The quantitative estimate of drug-likeness (QED) is 0.549. The van der Waals surface area contributed by atoms with Crippen LogP contribution in [0.3, 0.4) is 0 Å². The largest absolute Gasteiger partial charge is 0.398 e. The zero-order valence-corrected chi connectivity index (χ0v) is 14.1. The third-order valence-electron chi connectivity index (χ3n) is 5.07. The zero-order valence-electron chi connectivity index (χ0n) is 14.1. The van der Waals surface area contributed by atoms with Crippen LogP contribution in [0.4, 0.5) is 11.4 Å². The molecule has 1 aliphatic rings. The van der Waals surface area contributed by atoms with E-state index >= 15 is 0 Å². The molecule has 118 valence electrons. The van der Waals surface area contributed by atoms with Crippen molar-refractivity contribution in [2.45, 2.75) is 84.0 Å². The van der Waals surface area contributed by atoms with Gasteiger partial charge in [0, 0.05) is 11.4 Å². The molecule has 0 fully saturated rings. The Labute approximate surface area is 130 Å². The first-order valence-corrected chi connectivity index (χ1v) is 8.67. The van der Waals surface area contributed by atoms with E-state index in [0.29, 0.717) is 0 Å². The van der Waals surface area contributed by atoms with E-state index in [-0.39, 0.29) is 5.41 Å². The maximum absolute atomic E-state index is 6.49. The van der Waals surface area contributed by atoms with E-state index in [1.807, 2.05) is 0 Å². The van der Waals surface area contributed by atoms with Gasteiger partial charge in [0.15, 0.2) is 0 Å². The second kappa shape index (κ2) is 6.72. The monoisotopic (exact) mass is 288 g/mol. The van der Waals surface area contributed by atoms with E-state index in [9.17, 15) is 0 Å². The maximum atomic E-state index is 6.49. The number of benzene rings is 1. The van der Waals surface area contributed by atoms with Gasteiger partial charge < -0.3 is 11.5 Å². The highest BCUT2D eigenvalue weighted by atomic mass is 14.7. The molecule has 21 heavy (non-hydrogen) atoms. The number of rotatable bonds is 7. The SMILES string of the molecule is CCCCCCCCc1c(N)cc2c(c1N)C(C)(C)CC2. The molecular formula is C19H32N2. The summed E-state index contributed by atoms with van der Waals surface area (Å²) in [4.78, 5) is 0. The molecule has 2 heteroatoms. The van der Waals surface area contributed by atoms with Crippen molar-refractivity contribution >= 4 is 11.4 Å². The number of nitrogens with two attached hydrogens (primary N) is 2. The van der Waals surface area contributed by atoms with Crippen molar-refractivity contribution in [3.05, 3.63) is 22.8 Å². The molecule has 1 aromatic carbocycles. The molecule has 0 heterocycles. The van der Waals surface area contributed by atoms with Gasteiger partial charge in [0.05, 0.1) is 0 Å². The van der Waals surface area contributed by atoms with Crippen molar-refractivity contribution in [2.24, 2.45) is 0 Å². The fourth-order valence-corrected chi connectivity index (χ4v) is 3.76. The smallest absolute Gasteiger partial charge is 0.0408 e. The van der Waals surface area contributed by atoms with Crippen molar-refractivity contribution < 1.29 is 0 Å². The molecule has 1 aliphatic carbocycles. The van der Waals surface area contributed by atoms with Crippen LogP contribution in [0.15, 0.2) is 6.07 Å². The predicted octanol–water partition coefficient (Wildman–Crippen LogP) is 4.98. The van der Waals surface area contributed by atoms with Gasteiger partial charge in [-0.3, -0.25) is 0 Å². The minimum atomic E-state index is 0.211. The molecule has 0 unspecified atom stereocenters. The zero-order chi connectivity index (χ0) is 15.5. The molecular weight excluding hydrogens is 256 g/mol. The van der Waals surface area contributed by atoms with Crippen molar-refractivity contribution in [3.63, 3.8) is 0 Å². The summed E-state index contributed by atoms with van der Waals surface area (Å²) in [5, 5.41) is 0. The maximum Gasteiger partial charge on any atom is 0.0408 e. The normalized spacial score (nSPS) is 16.1. The topological polar surface area (TPSA) is 52.0 Å². The second-order valence-electron chi connectivity index (χ2n) is 7.29. The molecule has 0 saturated heterocycles. The highest BCUT2D eigenvalue weighted by molar-refractivity contribution is 5.71. The number of fused-ring (bicyclic) bond motifs is 1. The minimum absolute atomic E-state index is 0.211. The van der Waals surface area contributed by atoms with Crippen LogP contribution in [0.25, 0.3) is 0 Å². The number of hydrogen-bond donors (Lipinski definition) is 2. The first kappa shape index (κ1) is 16.2. The van der Waals surface area contributed by atoms with E-state index in [0.717, 1.165) is 24.2 Å². The van der Waals surface area contributed by atoms with Gasteiger partial charge in [-0.15, -0.1) is 0 Å². The number of anilines is 2. The van der Waals surface area contributed by atoms with Gasteiger partial charge in [0.1, 0.15) is 0 Å². The Balaban J connectivity index is 2.04. The Morgan fingerprint density at radius 2 is 1.71 bits per heavy atom. The number of aryl methyl sites for hydroxylation is 1. The van der Waals surface area contributed by atoms with Gasteiger partial charge in [0.2, 0.25) is 0 Å². The van der Waals surface area contributed by atoms with Crippen molar-refractivity contribution in [3.8, 4) is 0 Å². The first-order chi connectivity index (χ1) is 9.97. The standard InChI is InChI=1S/C19H32N2/c1-4-5-6-7-8-9-10-15-16(20)13-14-11-12-19(2,3)17(14)18(15)21/h13H,4-12,20-21H2,1-3H3. The van der Waals surface area contributed by atoms with Crippen LogP contribution in [0.2, 0.25) is 0 Å². The fourth-order valence-electron chi connectivity index (χ4n) is 3.76. The summed E-state index contributed by atoms with van der Waals surface area (Å²) in [6.07, 6.45) is 11.2. The molecule has 1 aromatic rings. The Hall–Kier alpha value is -1.18. The van der Waals surface area contributed by atoms with E-state index < -0.39 is 0 Å². The predicted molar refractivity (Wildman–Crippen MR) is 93.7 cm³/mol. The lowest BCUT2D eigenvalue weighted by Crippen LogP contribution is -2.16. The number of hydrogen-bond acceptors (Lipinski definition) is 2. The summed E-state index contributed by atoms with van der Waals surface area (Å²) in [5.74, 6) is 0. The molecule has 0 aliphatic heterocycles. The highest BCUT2D eigenvalue weighted by Gasteiger charge is 2.33. The van der Waals surface area contributed by atoms with Gasteiger partial charge >= 0.3 is 0 Å². The third kappa shape index (κ3) is 3.53. The van der Waals surface area contributed by atoms with Crippen LogP contribution in [-0.4, -0.2) is 0 Å². The fraction of sp³-hybridized carbons (Fsp3) is 0.684. The van der Waals surface area contributed by atoms with Crippen LogP contribution in [-0.2, 0) is 18.3 Å². The molecule has 2 nitrogen and oxygen atoms in total. The summed E-state index contributed by atoms with van der Waals surface area (Å²) in [6.45, 7) is 6.87. The van der Waals surface area contributed by atoms with Crippen molar-refractivity contribution in [2.75, 3.05) is 11.5 Å². The molecule has 0 spiro atoms. The highest BCUT2D eigenvalue weighted by Crippen LogP contribution is 2.44. The second-order valence-corrected chi connectivity index (χ2v) is 7.29. The van der Waals surface area contributed by atoms with E-state index in [4.69, 9.17) is 11.5 Å². The van der Waals surface area contributed by atoms with Crippen molar-refractivity contribution in [1.29, 1.82) is 0 Å². The van der Waals surface area contributed by atoms with Crippen LogP contribution in [0, 0.1) is 0 Å². The molecule has 0 amide bonds. The Bertz CT molecular complexity index is 489. The summed E-state index contributed by atoms with van der Waals surface area (Å²) >= 11 is 0. The molecule has 0 atom stereocenters. The van der Waals surface area contributed by atoms with E-state index in [1.165, 1.54) is 61.6 Å². The molecule has 0 saturated carbocycles. The lowest BCUT2D eigenvalue weighted by Gasteiger charge is -2.23. The lowest BCUT2D eigenvalue weighted by atomic mass is 9.83. The first-order valence-electron chi connectivity index (χ1n) is 8.67. The van der Waals surface area contributed by atoms with Crippen LogP contribution in [0.5, 0.6) is 0 Å². The molecule has 0 radical (unpaired) electrons. The molecule has 0 bridgehead atoms. The summed E-state index contributed by atoms with van der Waals surface area (Å²) in [7, 11) is 0.